The van der Waals surface area contributed by atoms with E-state index in [-0.39, 0.29) is 5.88 Å². The minimum absolute atomic E-state index is 0.272. The molecule has 0 N–H and O–H groups in total. The van der Waals surface area contributed by atoms with Gasteiger partial charge in [-0.3, -0.25) is 4.57 Å². The molecule has 0 bridgehead atoms. The summed E-state index contributed by atoms with van der Waals surface area (Å²) in [6.07, 6.45) is 1.60. The molecule has 108 valence electrons. The van der Waals surface area contributed by atoms with E-state index in [0.717, 1.165) is 11.4 Å². The van der Waals surface area contributed by atoms with Crippen LogP contribution in [0.1, 0.15) is 12.7 Å². The van der Waals surface area contributed by atoms with Gasteiger partial charge < -0.3 is 4.74 Å². The van der Waals surface area contributed by atoms with Gasteiger partial charge in [-0.15, -0.1) is 11.6 Å². The fraction of sp³-hybridized carbons (Fsp3) is 0.200. The van der Waals surface area contributed by atoms with Crippen molar-refractivity contribution in [3.05, 3.63) is 47.4 Å². The summed E-state index contributed by atoms with van der Waals surface area (Å²) in [6, 6.07) is 9.52. The highest BCUT2D eigenvalue weighted by atomic mass is 35.5. The van der Waals surface area contributed by atoms with E-state index < -0.39 is 0 Å². The van der Waals surface area contributed by atoms with Crippen LogP contribution in [0.5, 0.6) is 5.75 Å². The van der Waals surface area contributed by atoms with E-state index in [0.29, 0.717) is 28.6 Å². The Bertz CT molecular complexity index is 786. The number of hydrogen-bond acceptors (Lipinski definition) is 3. The number of ether oxygens (including phenoxy) is 1. The first-order valence-corrected chi connectivity index (χ1v) is 7.47. The van der Waals surface area contributed by atoms with Gasteiger partial charge in [-0.25, -0.2) is 9.97 Å². The van der Waals surface area contributed by atoms with Gasteiger partial charge >= 0.3 is 0 Å². The van der Waals surface area contributed by atoms with Gasteiger partial charge in [-0.2, -0.15) is 0 Å². The third-order valence-corrected chi connectivity index (χ3v) is 3.50. The molecule has 3 aromatic rings. The van der Waals surface area contributed by atoms with E-state index in [1.165, 1.54) is 0 Å². The molecule has 2 aromatic heterocycles. The van der Waals surface area contributed by atoms with Gasteiger partial charge in [0, 0.05) is 6.20 Å². The molecule has 0 spiro atoms. The van der Waals surface area contributed by atoms with Crippen LogP contribution in [0, 0.1) is 0 Å². The van der Waals surface area contributed by atoms with Crippen molar-refractivity contribution in [1.29, 1.82) is 0 Å². The van der Waals surface area contributed by atoms with Crippen LogP contribution in [0.2, 0.25) is 5.02 Å². The monoisotopic (exact) mass is 321 g/mol. The van der Waals surface area contributed by atoms with Crippen molar-refractivity contribution in [2.75, 3.05) is 6.61 Å². The molecule has 21 heavy (non-hydrogen) atoms. The molecule has 2 heterocycles. The lowest BCUT2D eigenvalue weighted by Crippen LogP contribution is -2.04. The molecule has 0 amide bonds. The second-order valence-electron chi connectivity index (χ2n) is 4.39. The van der Waals surface area contributed by atoms with Gasteiger partial charge in [0.1, 0.15) is 17.1 Å². The molecule has 0 unspecified atom stereocenters. The van der Waals surface area contributed by atoms with Gasteiger partial charge in [-0.1, -0.05) is 23.7 Å². The van der Waals surface area contributed by atoms with Crippen molar-refractivity contribution in [3.63, 3.8) is 0 Å². The SMILES string of the molecule is CCOc1ccccc1-n1c(CCl)nc2cc(Cl)cnc21. The summed E-state index contributed by atoms with van der Waals surface area (Å²) in [6.45, 7) is 2.53. The molecule has 0 radical (unpaired) electrons. The lowest BCUT2D eigenvalue weighted by molar-refractivity contribution is 0.339. The van der Waals surface area contributed by atoms with Crippen LogP contribution >= 0.6 is 23.2 Å². The predicted molar refractivity (Wildman–Crippen MR) is 84.6 cm³/mol. The Labute approximate surface area is 132 Å². The summed E-state index contributed by atoms with van der Waals surface area (Å²) in [5.41, 5.74) is 2.29. The third-order valence-electron chi connectivity index (χ3n) is 3.06. The zero-order valence-corrected chi connectivity index (χ0v) is 12.9. The second-order valence-corrected chi connectivity index (χ2v) is 5.10. The Morgan fingerprint density at radius 2 is 2.10 bits per heavy atom. The summed E-state index contributed by atoms with van der Waals surface area (Å²) in [5.74, 6) is 1.74. The molecule has 6 heteroatoms. The van der Waals surface area contributed by atoms with Crippen molar-refractivity contribution in [2.24, 2.45) is 0 Å². The minimum atomic E-state index is 0.272. The highest BCUT2D eigenvalue weighted by Crippen LogP contribution is 2.29. The largest absolute Gasteiger partial charge is 0.492 e. The van der Waals surface area contributed by atoms with Gasteiger partial charge in [0.2, 0.25) is 0 Å². The first kappa shape index (κ1) is 14.2. The van der Waals surface area contributed by atoms with Gasteiger partial charge in [0.15, 0.2) is 5.65 Å². The molecule has 0 aliphatic carbocycles. The molecule has 0 aliphatic heterocycles. The maximum atomic E-state index is 6.04. The van der Waals surface area contributed by atoms with Gasteiger partial charge in [-0.05, 0) is 25.1 Å². The number of para-hydroxylation sites is 2. The molecular formula is C15H13Cl2N3O. The average Bonchev–Trinajstić information content (AvgIpc) is 2.85. The fourth-order valence-electron chi connectivity index (χ4n) is 2.25. The van der Waals surface area contributed by atoms with Crippen LogP contribution in [0.25, 0.3) is 16.9 Å². The van der Waals surface area contributed by atoms with Crippen LogP contribution in [0.15, 0.2) is 36.5 Å². The predicted octanol–water partition coefficient (Wildman–Crippen LogP) is 4.21. The number of alkyl halides is 1. The van der Waals surface area contributed by atoms with Crippen LogP contribution < -0.4 is 4.74 Å². The van der Waals surface area contributed by atoms with Crippen molar-refractivity contribution in [1.82, 2.24) is 14.5 Å². The van der Waals surface area contributed by atoms with Crippen LogP contribution in [-0.2, 0) is 5.88 Å². The number of aromatic nitrogens is 3. The number of hydrogen-bond donors (Lipinski definition) is 0. The first-order valence-electron chi connectivity index (χ1n) is 6.55. The van der Waals surface area contributed by atoms with E-state index in [2.05, 4.69) is 9.97 Å². The number of fused-ring (bicyclic) bond motifs is 1. The molecule has 1 aromatic carbocycles. The number of benzene rings is 1. The van der Waals surface area contributed by atoms with Crippen LogP contribution in [-0.4, -0.2) is 21.1 Å². The van der Waals surface area contributed by atoms with E-state index in [1.807, 2.05) is 35.8 Å². The molecule has 0 atom stereocenters. The summed E-state index contributed by atoms with van der Waals surface area (Å²) in [4.78, 5) is 8.88. The minimum Gasteiger partial charge on any atom is -0.492 e. The standard InChI is InChI=1S/C15H13Cl2N3O/c1-2-21-13-6-4-3-5-12(13)20-14(8-16)19-11-7-10(17)9-18-15(11)20/h3-7,9H,2,8H2,1H3. The number of pyridine rings is 1. The lowest BCUT2D eigenvalue weighted by Gasteiger charge is -2.12. The quantitative estimate of drug-likeness (QED) is 0.676. The normalized spacial score (nSPS) is 11.0. The Hall–Kier alpha value is -1.78. The lowest BCUT2D eigenvalue weighted by atomic mass is 10.3. The zero-order chi connectivity index (χ0) is 14.8. The first-order chi connectivity index (χ1) is 10.2. The molecule has 4 nitrogen and oxygen atoms in total. The van der Waals surface area contributed by atoms with Crippen LogP contribution in [0.3, 0.4) is 0 Å². The van der Waals surface area contributed by atoms with Crippen molar-refractivity contribution >= 4 is 34.4 Å². The van der Waals surface area contributed by atoms with Crippen molar-refractivity contribution < 1.29 is 4.74 Å². The molecule has 0 aliphatic rings. The number of halogens is 2. The van der Waals surface area contributed by atoms with Gasteiger partial charge in [0.25, 0.3) is 0 Å². The molecule has 3 rings (SSSR count). The highest BCUT2D eigenvalue weighted by molar-refractivity contribution is 6.31. The van der Waals surface area contributed by atoms with E-state index in [1.54, 1.807) is 12.3 Å². The van der Waals surface area contributed by atoms with Crippen molar-refractivity contribution in [2.45, 2.75) is 12.8 Å². The molecule has 0 saturated carbocycles. The average molecular weight is 322 g/mol. The Kier molecular flexibility index (Phi) is 3.99. The van der Waals surface area contributed by atoms with E-state index in [9.17, 15) is 0 Å². The third kappa shape index (κ3) is 2.57. The summed E-state index contributed by atoms with van der Waals surface area (Å²) < 4.78 is 7.59. The Balaban J connectivity index is 2.29. The molecular weight excluding hydrogens is 309 g/mol. The number of nitrogens with zero attached hydrogens (tertiary/aromatic N) is 3. The number of imidazole rings is 1. The topological polar surface area (TPSA) is 39.9 Å². The summed E-state index contributed by atoms with van der Waals surface area (Å²) in [7, 11) is 0. The fourth-order valence-corrected chi connectivity index (χ4v) is 2.58. The second kappa shape index (κ2) is 5.92. The Morgan fingerprint density at radius 1 is 1.29 bits per heavy atom. The molecule has 0 fully saturated rings. The van der Waals surface area contributed by atoms with Crippen molar-refractivity contribution in [3.8, 4) is 11.4 Å². The maximum Gasteiger partial charge on any atom is 0.164 e. The maximum absolute atomic E-state index is 6.04. The zero-order valence-electron chi connectivity index (χ0n) is 11.4. The summed E-state index contributed by atoms with van der Waals surface area (Å²) in [5, 5.41) is 0.548. The number of rotatable bonds is 4. The van der Waals surface area contributed by atoms with Crippen LogP contribution in [0.4, 0.5) is 0 Å². The Morgan fingerprint density at radius 3 is 2.86 bits per heavy atom. The molecule has 0 saturated heterocycles. The van der Waals surface area contributed by atoms with E-state index >= 15 is 0 Å². The van der Waals surface area contributed by atoms with E-state index in [4.69, 9.17) is 27.9 Å². The van der Waals surface area contributed by atoms with Gasteiger partial charge in [0.05, 0.1) is 23.2 Å². The summed E-state index contributed by atoms with van der Waals surface area (Å²) >= 11 is 12.0. The smallest absolute Gasteiger partial charge is 0.164 e. The highest BCUT2D eigenvalue weighted by Gasteiger charge is 2.16.